The second-order valence-corrected chi connectivity index (χ2v) is 5.01. The summed E-state index contributed by atoms with van der Waals surface area (Å²) in [6.45, 7) is 2.77. The van der Waals surface area contributed by atoms with Crippen LogP contribution in [0.2, 0.25) is 0 Å². The molecule has 86 valence electrons. The van der Waals surface area contributed by atoms with Crippen LogP contribution < -0.4 is 10.6 Å². The zero-order valence-electron chi connectivity index (χ0n) is 9.59. The number of amides is 1. The molecule has 0 aromatic rings. The third-order valence-corrected chi connectivity index (χ3v) is 3.61. The number of carbonyl (C=O) groups is 1. The number of nitrogens with one attached hydrogen (secondary N) is 2. The summed E-state index contributed by atoms with van der Waals surface area (Å²) in [6.07, 6.45) is 7.47. The third kappa shape index (κ3) is 3.49. The number of rotatable bonds is 5. The fourth-order valence-corrected chi connectivity index (χ4v) is 2.37. The van der Waals surface area contributed by atoms with Crippen LogP contribution in [0.15, 0.2) is 0 Å². The number of carbonyl (C=O) groups excluding carboxylic acids is 1. The van der Waals surface area contributed by atoms with Gasteiger partial charge in [0.2, 0.25) is 5.91 Å². The summed E-state index contributed by atoms with van der Waals surface area (Å²) in [7, 11) is 0. The maximum absolute atomic E-state index is 11.4. The molecule has 0 aliphatic heterocycles. The van der Waals surface area contributed by atoms with Crippen LogP contribution in [0.3, 0.4) is 0 Å². The van der Waals surface area contributed by atoms with Crippen molar-refractivity contribution < 1.29 is 4.79 Å². The van der Waals surface area contributed by atoms with E-state index in [0.717, 1.165) is 5.92 Å². The molecular weight excluding hydrogens is 188 g/mol. The van der Waals surface area contributed by atoms with Gasteiger partial charge in [-0.05, 0) is 38.0 Å². The third-order valence-electron chi connectivity index (χ3n) is 3.61. The van der Waals surface area contributed by atoms with Crippen LogP contribution in [0, 0.1) is 5.92 Å². The van der Waals surface area contributed by atoms with E-state index in [0.29, 0.717) is 18.6 Å². The molecule has 2 fully saturated rings. The van der Waals surface area contributed by atoms with E-state index in [-0.39, 0.29) is 5.91 Å². The molecule has 0 bridgehead atoms. The molecule has 2 aliphatic rings. The van der Waals surface area contributed by atoms with E-state index >= 15 is 0 Å². The number of hydrogen-bond donors (Lipinski definition) is 2. The van der Waals surface area contributed by atoms with Gasteiger partial charge in [-0.3, -0.25) is 4.79 Å². The van der Waals surface area contributed by atoms with Gasteiger partial charge in [0.25, 0.3) is 0 Å². The Morgan fingerprint density at radius 3 is 2.53 bits per heavy atom. The topological polar surface area (TPSA) is 41.1 Å². The Morgan fingerprint density at radius 2 is 1.93 bits per heavy atom. The summed E-state index contributed by atoms with van der Waals surface area (Å²) in [5.41, 5.74) is 0. The Morgan fingerprint density at radius 1 is 1.20 bits per heavy atom. The molecule has 15 heavy (non-hydrogen) atoms. The van der Waals surface area contributed by atoms with Gasteiger partial charge >= 0.3 is 0 Å². The Kier molecular flexibility index (Phi) is 3.62. The molecule has 0 radical (unpaired) electrons. The van der Waals surface area contributed by atoms with Crippen LogP contribution in [0.25, 0.3) is 0 Å². The fraction of sp³-hybridized carbons (Fsp3) is 0.917. The van der Waals surface area contributed by atoms with Crippen molar-refractivity contribution in [3.8, 4) is 0 Å². The van der Waals surface area contributed by atoms with Gasteiger partial charge in [-0.2, -0.15) is 0 Å². The average molecular weight is 210 g/mol. The van der Waals surface area contributed by atoms with Crippen LogP contribution in [-0.4, -0.2) is 24.5 Å². The first-order valence-electron chi connectivity index (χ1n) is 6.30. The quantitative estimate of drug-likeness (QED) is 0.721. The van der Waals surface area contributed by atoms with E-state index in [1.165, 1.54) is 38.5 Å². The molecule has 0 aromatic heterocycles. The summed E-state index contributed by atoms with van der Waals surface area (Å²) in [5, 5.41) is 6.37. The van der Waals surface area contributed by atoms with Gasteiger partial charge in [0.1, 0.15) is 0 Å². The molecule has 2 N–H and O–H groups in total. The lowest BCUT2D eigenvalue weighted by atomic mass is 10.1. The lowest BCUT2D eigenvalue weighted by Crippen LogP contribution is -2.39. The highest BCUT2D eigenvalue weighted by Gasteiger charge is 2.25. The van der Waals surface area contributed by atoms with Crippen LogP contribution >= 0.6 is 0 Å². The van der Waals surface area contributed by atoms with Crippen LogP contribution in [-0.2, 0) is 4.79 Å². The van der Waals surface area contributed by atoms with Crippen molar-refractivity contribution in [1.29, 1.82) is 0 Å². The molecule has 1 amide bonds. The normalized spacial score (nSPS) is 30.5. The van der Waals surface area contributed by atoms with Crippen molar-refractivity contribution >= 4 is 5.91 Å². The van der Waals surface area contributed by atoms with Gasteiger partial charge in [0, 0.05) is 12.1 Å². The predicted octanol–water partition coefficient (Wildman–Crippen LogP) is 1.43. The highest BCUT2D eigenvalue weighted by atomic mass is 16.2. The van der Waals surface area contributed by atoms with E-state index in [1.807, 2.05) is 0 Å². The first kappa shape index (κ1) is 10.9. The molecule has 2 aliphatic carbocycles. The molecule has 2 atom stereocenters. The summed E-state index contributed by atoms with van der Waals surface area (Å²) >= 11 is 0. The van der Waals surface area contributed by atoms with E-state index in [2.05, 4.69) is 17.6 Å². The zero-order chi connectivity index (χ0) is 10.7. The van der Waals surface area contributed by atoms with Crippen LogP contribution in [0.5, 0.6) is 0 Å². The summed E-state index contributed by atoms with van der Waals surface area (Å²) < 4.78 is 0. The number of hydrogen-bond acceptors (Lipinski definition) is 2. The van der Waals surface area contributed by atoms with Gasteiger partial charge in [0.15, 0.2) is 0 Å². The molecule has 3 nitrogen and oxygen atoms in total. The molecule has 0 saturated heterocycles. The highest BCUT2D eigenvalue weighted by molar-refractivity contribution is 5.78. The second kappa shape index (κ2) is 4.97. The van der Waals surface area contributed by atoms with E-state index < -0.39 is 0 Å². The summed E-state index contributed by atoms with van der Waals surface area (Å²) in [4.78, 5) is 11.4. The van der Waals surface area contributed by atoms with Crippen molar-refractivity contribution in [3.63, 3.8) is 0 Å². The lowest BCUT2D eigenvalue weighted by Gasteiger charge is -2.12. The van der Waals surface area contributed by atoms with Gasteiger partial charge in [-0.25, -0.2) is 0 Å². The monoisotopic (exact) mass is 210 g/mol. The minimum Gasteiger partial charge on any atom is -0.352 e. The Balaban J connectivity index is 1.58. The van der Waals surface area contributed by atoms with Crippen LogP contribution in [0.4, 0.5) is 0 Å². The second-order valence-electron chi connectivity index (χ2n) is 5.01. The van der Waals surface area contributed by atoms with Gasteiger partial charge in [-0.15, -0.1) is 0 Å². The van der Waals surface area contributed by atoms with Crippen molar-refractivity contribution in [3.05, 3.63) is 0 Å². The Labute approximate surface area is 92.0 Å². The molecule has 0 spiro atoms. The Bertz CT molecular complexity index is 226. The van der Waals surface area contributed by atoms with E-state index in [1.54, 1.807) is 0 Å². The van der Waals surface area contributed by atoms with E-state index in [9.17, 15) is 4.79 Å². The van der Waals surface area contributed by atoms with Gasteiger partial charge < -0.3 is 10.6 Å². The first-order valence-corrected chi connectivity index (χ1v) is 6.30. The van der Waals surface area contributed by atoms with Crippen molar-refractivity contribution in [2.24, 2.45) is 5.92 Å². The maximum Gasteiger partial charge on any atom is 0.234 e. The summed E-state index contributed by atoms with van der Waals surface area (Å²) in [6, 6.07) is 1.08. The van der Waals surface area contributed by atoms with Crippen molar-refractivity contribution in [2.75, 3.05) is 6.54 Å². The molecule has 0 heterocycles. The first-order chi connectivity index (χ1) is 7.28. The maximum atomic E-state index is 11.4. The molecule has 0 aromatic carbocycles. The van der Waals surface area contributed by atoms with Crippen LogP contribution in [0.1, 0.15) is 45.4 Å². The molecule has 2 saturated carbocycles. The predicted molar refractivity (Wildman–Crippen MR) is 60.6 cm³/mol. The minimum absolute atomic E-state index is 0.178. The SMILES string of the molecule is CCC1CCC(NCC(=O)NC2CC2)C1. The van der Waals surface area contributed by atoms with Crippen molar-refractivity contribution in [1.82, 2.24) is 10.6 Å². The standard InChI is InChI=1S/C12H22N2O/c1-2-9-3-4-11(7-9)13-8-12(15)14-10-5-6-10/h9-11,13H,2-8H2,1H3,(H,14,15). The molecule has 2 rings (SSSR count). The highest BCUT2D eigenvalue weighted by Crippen LogP contribution is 2.27. The van der Waals surface area contributed by atoms with Gasteiger partial charge in [-0.1, -0.05) is 13.3 Å². The van der Waals surface area contributed by atoms with Crippen molar-refractivity contribution in [2.45, 2.75) is 57.5 Å². The zero-order valence-corrected chi connectivity index (χ0v) is 9.59. The fourth-order valence-electron chi connectivity index (χ4n) is 2.37. The molecule has 3 heteroatoms. The largest absolute Gasteiger partial charge is 0.352 e. The van der Waals surface area contributed by atoms with Gasteiger partial charge in [0.05, 0.1) is 6.54 Å². The smallest absolute Gasteiger partial charge is 0.234 e. The summed E-state index contributed by atoms with van der Waals surface area (Å²) in [5.74, 6) is 1.06. The minimum atomic E-state index is 0.178. The average Bonchev–Trinajstić information content (AvgIpc) is 2.92. The molecular formula is C12H22N2O. The Hall–Kier alpha value is -0.570. The van der Waals surface area contributed by atoms with E-state index in [4.69, 9.17) is 0 Å². The lowest BCUT2D eigenvalue weighted by molar-refractivity contribution is -0.120. The molecule has 2 unspecified atom stereocenters.